The summed E-state index contributed by atoms with van der Waals surface area (Å²) in [5.41, 5.74) is 2.07. The molecule has 2 unspecified atom stereocenters. The van der Waals surface area contributed by atoms with E-state index in [4.69, 9.17) is 5.26 Å². The van der Waals surface area contributed by atoms with Crippen molar-refractivity contribution in [2.24, 2.45) is 5.41 Å². The van der Waals surface area contributed by atoms with Gasteiger partial charge in [-0.3, -0.25) is 14.3 Å². The zero-order valence-corrected chi connectivity index (χ0v) is 19.7. The molecule has 2 amide bonds. The number of likely N-dealkylation sites (tertiary alicyclic amines) is 1. The van der Waals surface area contributed by atoms with Crippen LogP contribution in [0.25, 0.3) is 10.9 Å². The molecule has 0 saturated carbocycles. The second-order valence-electron chi connectivity index (χ2n) is 9.83. The lowest BCUT2D eigenvalue weighted by Gasteiger charge is -2.33. The molecular formula is C26H29N5O3. The highest BCUT2D eigenvalue weighted by atomic mass is 16.3. The van der Waals surface area contributed by atoms with Gasteiger partial charge in [0.05, 0.1) is 29.8 Å². The highest BCUT2D eigenvalue weighted by molar-refractivity contribution is 6.06. The number of rotatable bonds is 5. The van der Waals surface area contributed by atoms with Crippen LogP contribution in [0.1, 0.15) is 48.8 Å². The summed E-state index contributed by atoms with van der Waals surface area (Å²) in [6.07, 6.45) is 0.0168. The van der Waals surface area contributed by atoms with Crippen molar-refractivity contribution in [3.8, 4) is 6.07 Å². The van der Waals surface area contributed by atoms with E-state index in [-0.39, 0.29) is 18.1 Å². The summed E-state index contributed by atoms with van der Waals surface area (Å²) in [6, 6.07) is 16.1. The molecule has 1 aromatic heterocycles. The van der Waals surface area contributed by atoms with E-state index in [1.807, 2.05) is 57.2 Å². The number of carbonyl (C=O) groups excluding carboxylic acids is 2. The second kappa shape index (κ2) is 9.27. The normalized spacial score (nSPS) is 16.9. The molecular weight excluding hydrogens is 430 g/mol. The Morgan fingerprint density at radius 3 is 2.53 bits per heavy atom. The second-order valence-corrected chi connectivity index (χ2v) is 9.83. The highest BCUT2D eigenvalue weighted by Gasteiger charge is 2.38. The number of aliphatic hydroxyl groups excluding tert-OH is 1. The molecule has 3 aromatic rings. The van der Waals surface area contributed by atoms with Crippen LogP contribution in [0.15, 0.2) is 48.5 Å². The van der Waals surface area contributed by atoms with Crippen LogP contribution in [0.5, 0.6) is 0 Å². The maximum atomic E-state index is 13.4. The fourth-order valence-corrected chi connectivity index (χ4v) is 4.25. The number of aromatic nitrogens is 2. The molecule has 1 saturated heterocycles. The van der Waals surface area contributed by atoms with E-state index in [2.05, 4.69) is 16.5 Å². The van der Waals surface area contributed by atoms with E-state index >= 15 is 0 Å². The minimum Gasteiger partial charge on any atom is -0.391 e. The number of benzene rings is 2. The van der Waals surface area contributed by atoms with Crippen LogP contribution < -0.4 is 5.32 Å². The summed E-state index contributed by atoms with van der Waals surface area (Å²) in [5.74, 6) is -0.610. The largest absolute Gasteiger partial charge is 0.391 e. The first kappa shape index (κ1) is 23.5. The number of fused-ring (bicyclic) bond motifs is 1. The minimum absolute atomic E-state index is 0.196. The van der Waals surface area contributed by atoms with Gasteiger partial charge in [0, 0.05) is 18.5 Å². The van der Waals surface area contributed by atoms with Crippen LogP contribution in [0, 0.1) is 16.7 Å². The van der Waals surface area contributed by atoms with Gasteiger partial charge >= 0.3 is 0 Å². The number of nitriles is 1. The van der Waals surface area contributed by atoms with Gasteiger partial charge in [-0.25, -0.2) is 0 Å². The topological polar surface area (TPSA) is 111 Å². The Hall–Kier alpha value is -3.70. The summed E-state index contributed by atoms with van der Waals surface area (Å²) < 4.78 is 1.76. The third kappa shape index (κ3) is 4.80. The Balaban J connectivity index is 1.62. The predicted molar refractivity (Wildman–Crippen MR) is 128 cm³/mol. The third-order valence-electron chi connectivity index (χ3n) is 6.15. The Morgan fingerprint density at radius 2 is 1.91 bits per heavy atom. The van der Waals surface area contributed by atoms with Crippen LogP contribution >= 0.6 is 0 Å². The molecule has 0 radical (unpaired) electrons. The molecule has 2 atom stereocenters. The molecule has 0 bridgehead atoms. The molecule has 34 heavy (non-hydrogen) atoms. The van der Waals surface area contributed by atoms with Crippen molar-refractivity contribution in [1.29, 1.82) is 5.26 Å². The van der Waals surface area contributed by atoms with Gasteiger partial charge in [0.25, 0.3) is 5.91 Å². The highest BCUT2D eigenvalue weighted by Crippen LogP contribution is 2.25. The van der Waals surface area contributed by atoms with Gasteiger partial charge in [-0.1, -0.05) is 51.1 Å². The van der Waals surface area contributed by atoms with Crippen LogP contribution in [-0.2, 0) is 11.3 Å². The summed E-state index contributed by atoms with van der Waals surface area (Å²) in [7, 11) is 0. The fraction of sp³-hybridized carbons (Fsp3) is 0.385. The van der Waals surface area contributed by atoms with Crippen LogP contribution in [-0.4, -0.2) is 56.8 Å². The number of aliphatic hydroxyl groups is 1. The first-order chi connectivity index (χ1) is 16.2. The Bertz CT molecular complexity index is 1250. The maximum absolute atomic E-state index is 13.4. The van der Waals surface area contributed by atoms with Crippen molar-refractivity contribution in [2.45, 2.75) is 45.9 Å². The van der Waals surface area contributed by atoms with Crippen molar-refractivity contribution < 1.29 is 14.7 Å². The van der Waals surface area contributed by atoms with Crippen molar-refractivity contribution in [1.82, 2.24) is 20.0 Å². The zero-order valence-electron chi connectivity index (χ0n) is 19.7. The van der Waals surface area contributed by atoms with E-state index in [1.54, 1.807) is 21.7 Å². The van der Waals surface area contributed by atoms with Crippen molar-refractivity contribution >= 4 is 22.7 Å². The Kier molecular flexibility index (Phi) is 6.40. The standard InChI is InChI=1S/C26H29N5O3/c1-26(2,3)23(25(34)30-13-12-19(32)16-30)28-24(33)22-20-6-4-5-7-21(20)31(29-22)15-18-10-8-17(14-27)9-11-18/h4-11,19,23,32H,12-13,15-16H2,1-3H3,(H,28,33). The van der Waals surface area contributed by atoms with Crippen LogP contribution in [0.2, 0.25) is 0 Å². The molecule has 2 aromatic carbocycles. The number of hydrogen-bond acceptors (Lipinski definition) is 5. The van der Waals surface area contributed by atoms with Crippen molar-refractivity contribution in [2.75, 3.05) is 13.1 Å². The molecule has 2 heterocycles. The zero-order chi connectivity index (χ0) is 24.5. The molecule has 176 valence electrons. The SMILES string of the molecule is CC(C)(C)C(NC(=O)c1nn(Cc2ccc(C#N)cc2)c2ccccc12)C(=O)N1CCC(O)C1. The number of β-amino-alcohol motifs (C(OH)–C–C–N with tert-alkyl or cyclic N) is 1. The number of nitrogens with zero attached hydrogens (tertiary/aromatic N) is 4. The Labute approximate surface area is 198 Å². The smallest absolute Gasteiger partial charge is 0.273 e. The summed E-state index contributed by atoms with van der Waals surface area (Å²) in [5, 5.41) is 27.1. The number of para-hydroxylation sites is 1. The van der Waals surface area contributed by atoms with E-state index in [0.717, 1.165) is 11.1 Å². The van der Waals surface area contributed by atoms with E-state index in [0.29, 0.717) is 30.5 Å². The molecule has 2 N–H and O–H groups in total. The molecule has 8 nitrogen and oxygen atoms in total. The van der Waals surface area contributed by atoms with E-state index < -0.39 is 23.5 Å². The van der Waals surface area contributed by atoms with Gasteiger partial charge in [0.15, 0.2) is 5.69 Å². The number of amides is 2. The lowest BCUT2D eigenvalue weighted by Crippen LogP contribution is -2.54. The first-order valence-electron chi connectivity index (χ1n) is 11.4. The summed E-state index contributed by atoms with van der Waals surface area (Å²) >= 11 is 0. The summed E-state index contributed by atoms with van der Waals surface area (Å²) in [6.45, 7) is 6.92. The van der Waals surface area contributed by atoms with Gasteiger partial charge in [-0.2, -0.15) is 10.4 Å². The fourth-order valence-electron chi connectivity index (χ4n) is 4.25. The average Bonchev–Trinajstić information content (AvgIpc) is 3.41. The van der Waals surface area contributed by atoms with Gasteiger partial charge in [0.1, 0.15) is 6.04 Å². The number of nitrogens with one attached hydrogen (secondary N) is 1. The lowest BCUT2D eigenvalue weighted by atomic mass is 9.85. The number of carbonyl (C=O) groups is 2. The van der Waals surface area contributed by atoms with E-state index in [9.17, 15) is 14.7 Å². The molecule has 8 heteroatoms. The lowest BCUT2D eigenvalue weighted by molar-refractivity contribution is -0.135. The molecule has 1 aliphatic rings. The third-order valence-corrected chi connectivity index (χ3v) is 6.15. The number of hydrogen-bond donors (Lipinski definition) is 2. The van der Waals surface area contributed by atoms with E-state index in [1.165, 1.54) is 0 Å². The maximum Gasteiger partial charge on any atom is 0.273 e. The minimum atomic E-state index is -0.757. The van der Waals surface area contributed by atoms with Crippen LogP contribution in [0.3, 0.4) is 0 Å². The average molecular weight is 460 g/mol. The molecule has 4 rings (SSSR count). The molecule has 0 aliphatic carbocycles. The predicted octanol–water partition coefficient (Wildman–Crippen LogP) is 2.69. The molecule has 1 aliphatic heterocycles. The van der Waals surface area contributed by atoms with Gasteiger partial charge in [-0.15, -0.1) is 0 Å². The Morgan fingerprint density at radius 1 is 1.21 bits per heavy atom. The van der Waals surface area contributed by atoms with Crippen molar-refractivity contribution in [3.05, 3.63) is 65.4 Å². The quantitative estimate of drug-likeness (QED) is 0.609. The van der Waals surface area contributed by atoms with Gasteiger partial charge in [0.2, 0.25) is 5.91 Å². The molecule has 1 fully saturated rings. The monoisotopic (exact) mass is 459 g/mol. The van der Waals surface area contributed by atoms with Crippen molar-refractivity contribution in [3.63, 3.8) is 0 Å². The van der Waals surface area contributed by atoms with Gasteiger partial charge < -0.3 is 15.3 Å². The van der Waals surface area contributed by atoms with Gasteiger partial charge in [-0.05, 0) is 35.6 Å². The van der Waals surface area contributed by atoms with Crippen LogP contribution in [0.4, 0.5) is 0 Å². The molecule has 0 spiro atoms. The first-order valence-corrected chi connectivity index (χ1v) is 11.4. The summed E-state index contributed by atoms with van der Waals surface area (Å²) in [4.78, 5) is 28.2.